The van der Waals surface area contributed by atoms with E-state index >= 15 is 0 Å². The van der Waals surface area contributed by atoms with Gasteiger partial charge in [-0.05, 0) is 59.3 Å². The van der Waals surface area contributed by atoms with Crippen LogP contribution in [0.1, 0.15) is 39.5 Å². The minimum Gasteiger partial charge on any atom is -0.317 e. The summed E-state index contributed by atoms with van der Waals surface area (Å²) in [6, 6.07) is 0.483. The summed E-state index contributed by atoms with van der Waals surface area (Å²) in [7, 11) is 0.385. The number of nitrogens with one attached hydrogen (secondary N) is 2. The summed E-state index contributed by atoms with van der Waals surface area (Å²) in [5.41, 5.74) is 0. The number of hydrogen-bond donors (Lipinski definition) is 2. The molecule has 0 amide bonds. The van der Waals surface area contributed by atoms with E-state index in [2.05, 4.69) is 35.8 Å². The monoisotopic (exact) mass is 320 g/mol. The maximum atomic E-state index is 12.3. The molecule has 0 spiro atoms. The van der Waals surface area contributed by atoms with Crippen LogP contribution in [0.2, 0.25) is 0 Å². The molecule has 0 bridgehead atoms. The summed E-state index contributed by atoms with van der Waals surface area (Å²) < 4.78 is 28.9. The van der Waals surface area contributed by atoms with Crippen molar-refractivity contribution in [2.24, 2.45) is 0 Å². The van der Waals surface area contributed by atoms with E-state index in [1.54, 1.807) is 7.05 Å². The van der Waals surface area contributed by atoms with E-state index in [1.165, 1.54) is 4.31 Å². The Labute approximate surface area is 130 Å². The first-order valence-electron chi connectivity index (χ1n) is 8.01. The maximum Gasteiger partial charge on any atom is 0.279 e. The van der Waals surface area contributed by atoms with Gasteiger partial charge in [0.15, 0.2) is 0 Å². The second-order valence-electron chi connectivity index (χ2n) is 6.10. The number of nitrogens with zero attached hydrogens (tertiary/aromatic N) is 2. The molecule has 1 aliphatic heterocycles. The van der Waals surface area contributed by atoms with Crippen molar-refractivity contribution in [3.63, 3.8) is 0 Å². The first kappa shape index (κ1) is 18.8. The number of likely N-dealkylation sites (tertiary alicyclic amines) is 1. The number of hydrogen-bond acceptors (Lipinski definition) is 4. The van der Waals surface area contributed by atoms with Gasteiger partial charge in [0.2, 0.25) is 0 Å². The third kappa shape index (κ3) is 6.61. The fraction of sp³-hybridized carbons (Fsp3) is 1.00. The van der Waals surface area contributed by atoms with E-state index in [9.17, 15) is 8.42 Å². The first-order chi connectivity index (χ1) is 9.86. The van der Waals surface area contributed by atoms with Gasteiger partial charge in [0.05, 0.1) is 0 Å². The number of piperidine rings is 1. The molecule has 126 valence electrons. The standard InChI is InChI=1S/C14H32N4O2S/c1-5-8-15-9-6-10-18(4)21(19,20)16-14-7-11-17(3)13(2)12-14/h13-16H,5-12H2,1-4H3. The molecule has 7 heteroatoms. The molecular formula is C14H32N4O2S. The lowest BCUT2D eigenvalue weighted by atomic mass is 10.0. The lowest BCUT2D eigenvalue weighted by Crippen LogP contribution is -2.50. The van der Waals surface area contributed by atoms with Crippen LogP contribution in [0.5, 0.6) is 0 Å². The van der Waals surface area contributed by atoms with Crippen molar-refractivity contribution in [3.8, 4) is 0 Å². The highest BCUT2D eigenvalue weighted by Crippen LogP contribution is 2.16. The minimum absolute atomic E-state index is 0.0573. The van der Waals surface area contributed by atoms with Gasteiger partial charge in [-0.1, -0.05) is 6.92 Å². The zero-order chi connectivity index (χ0) is 15.9. The van der Waals surface area contributed by atoms with Crippen LogP contribution in [-0.4, -0.2) is 70.0 Å². The average molecular weight is 321 g/mol. The molecule has 1 heterocycles. The molecule has 0 aliphatic carbocycles. The minimum atomic E-state index is -3.36. The van der Waals surface area contributed by atoms with Crippen molar-refractivity contribution < 1.29 is 8.42 Å². The zero-order valence-corrected chi connectivity index (χ0v) is 14.7. The molecule has 0 radical (unpaired) electrons. The molecule has 21 heavy (non-hydrogen) atoms. The first-order valence-corrected chi connectivity index (χ1v) is 9.45. The lowest BCUT2D eigenvalue weighted by molar-refractivity contribution is 0.177. The Morgan fingerprint density at radius 1 is 1.33 bits per heavy atom. The maximum absolute atomic E-state index is 12.3. The fourth-order valence-electron chi connectivity index (χ4n) is 2.55. The van der Waals surface area contributed by atoms with Gasteiger partial charge in [0, 0.05) is 25.7 Å². The Bertz CT molecular complexity index is 388. The van der Waals surface area contributed by atoms with Crippen molar-refractivity contribution in [1.29, 1.82) is 0 Å². The summed E-state index contributed by atoms with van der Waals surface area (Å²) in [6.07, 6.45) is 3.69. The second kappa shape index (κ2) is 9.05. The van der Waals surface area contributed by atoms with E-state index in [0.29, 0.717) is 12.6 Å². The second-order valence-corrected chi connectivity index (χ2v) is 7.91. The van der Waals surface area contributed by atoms with Gasteiger partial charge in [0.1, 0.15) is 0 Å². The fourth-order valence-corrected chi connectivity index (χ4v) is 3.73. The van der Waals surface area contributed by atoms with Gasteiger partial charge >= 0.3 is 0 Å². The Kier molecular flexibility index (Phi) is 8.12. The summed E-state index contributed by atoms with van der Waals surface area (Å²) in [5, 5.41) is 3.29. The molecular weight excluding hydrogens is 288 g/mol. The third-order valence-electron chi connectivity index (χ3n) is 4.19. The van der Waals surface area contributed by atoms with Gasteiger partial charge in [-0.25, -0.2) is 0 Å². The molecule has 0 aromatic carbocycles. The third-order valence-corrected chi connectivity index (χ3v) is 5.82. The molecule has 2 N–H and O–H groups in total. The van der Waals surface area contributed by atoms with Crippen molar-refractivity contribution in [1.82, 2.24) is 19.2 Å². The molecule has 2 atom stereocenters. The molecule has 1 aliphatic rings. The molecule has 0 aromatic rings. The zero-order valence-electron chi connectivity index (χ0n) is 13.9. The van der Waals surface area contributed by atoms with E-state index in [0.717, 1.165) is 45.3 Å². The predicted octanol–water partition coefficient (Wildman–Crippen LogP) is 0.625. The molecule has 2 unspecified atom stereocenters. The van der Waals surface area contributed by atoms with E-state index in [4.69, 9.17) is 0 Å². The topological polar surface area (TPSA) is 64.7 Å². The van der Waals surface area contributed by atoms with Gasteiger partial charge in [-0.15, -0.1) is 0 Å². The Balaban J connectivity index is 2.34. The Morgan fingerprint density at radius 2 is 2.05 bits per heavy atom. The largest absolute Gasteiger partial charge is 0.317 e. The Morgan fingerprint density at radius 3 is 2.67 bits per heavy atom. The Hall–Kier alpha value is -0.210. The SMILES string of the molecule is CCCNCCCN(C)S(=O)(=O)NC1CCN(C)C(C)C1. The lowest BCUT2D eigenvalue weighted by Gasteiger charge is -2.35. The van der Waals surface area contributed by atoms with Gasteiger partial charge in [-0.3, -0.25) is 0 Å². The van der Waals surface area contributed by atoms with Gasteiger partial charge < -0.3 is 10.2 Å². The van der Waals surface area contributed by atoms with E-state index in [1.807, 2.05) is 0 Å². The summed E-state index contributed by atoms with van der Waals surface area (Å²) in [5.74, 6) is 0. The quantitative estimate of drug-likeness (QED) is 0.612. The highest BCUT2D eigenvalue weighted by atomic mass is 32.2. The van der Waals surface area contributed by atoms with Crippen LogP contribution in [-0.2, 0) is 10.2 Å². The smallest absolute Gasteiger partial charge is 0.279 e. The van der Waals surface area contributed by atoms with Crippen molar-refractivity contribution in [3.05, 3.63) is 0 Å². The molecule has 0 aromatic heterocycles. The number of rotatable bonds is 9. The van der Waals surface area contributed by atoms with Gasteiger partial charge in [0.25, 0.3) is 10.2 Å². The van der Waals surface area contributed by atoms with Crippen LogP contribution in [0.3, 0.4) is 0 Å². The van der Waals surface area contributed by atoms with Crippen molar-refractivity contribution in [2.75, 3.05) is 40.3 Å². The summed E-state index contributed by atoms with van der Waals surface area (Å²) >= 11 is 0. The molecule has 1 saturated heterocycles. The van der Waals surface area contributed by atoms with E-state index in [-0.39, 0.29) is 6.04 Å². The summed E-state index contributed by atoms with van der Waals surface area (Å²) in [6.45, 7) is 7.61. The van der Waals surface area contributed by atoms with Crippen LogP contribution in [0.25, 0.3) is 0 Å². The van der Waals surface area contributed by atoms with Crippen LogP contribution in [0.15, 0.2) is 0 Å². The van der Waals surface area contributed by atoms with E-state index < -0.39 is 10.2 Å². The highest BCUT2D eigenvalue weighted by molar-refractivity contribution is 7.87. The van der Waals surface area contributed by atoms with Crippen LogP contribution in [0, 0.1) is 0 Å². The van der Waals surface area contributed by atoms with Crippen LogP contribution in [0.4, 0.5) is 0 Å². The van der Waals surface area contributed by atoms with Crippen molar-refractivity contribution >= 4 is 10.2 Å². The van der Waals surface area contributed by atoms with Crippen molar-refractivity contribution in [2.45, 2.75) is 51.6 Å². The summed E-state index contributed by atoms with van der Waals surface area (Å²) in [4.78, 5) is 2.27. The van der Waals surface area contributed by atoms with Crippen LogP contribution >= 0.6 is 0 Å². The molecule has 1 fully saturated rings. The average Bonchev–Trinajstić information content (AvgIpc) is 2.42. The van der Waals surface area contributed by atoms with Crippen LogP contribution < -0.4 is 10.0 Å². The molecule has 1 rings (SSSR count). The normalized spacial score (nSPS) is 24.6. The molecule has 0 saturated carbocycles. The van der Waals surface area contributed by atoms with Gasteiger partial charge in [-0.2, -0.15) is 17.4 Å². The highest BCUT2D eigenvalue weighted by Gasteiger charge is 2.27. The molecule has 6 nitrogen and oxygen atoms in total. The predicted molar refractivity (Wildman–Crippen MR) is 87.6 cm³/mol.